The van der Waals surface area contributed by atoms with E-state index >= 15 is 0 Å². The maximum atomic E-state index is 8.73. The number of nitrogens with zero attached hydrogens (tertiary/aromatic N) is 2. The van der Waals surface area contributed by atoms with E-state index in [4.69, 9.17) is 5.26 Å². The Morgan fingerprint density at radius 1 is 1.00 bits per heavy atom. The van der Waals surface area contributed by atoms with Crippen molar-refractivity contribution < 1.29 is 0 Å². The minimum absolute atomic E-state index is 0.491. The molecule has 0 saturated carbocycles. The smallest absolute Gasteiger partial charge is 0.140 e. The van der Waals surface area contributed by atoms with Crippen molar-refractivity contribution in [3.05, 3.63) is 65.5 Å². The molecule has 0 atom stereocenters. The van der Waals surface area contributed by atoms with E-state index in [1.165, 1.54) is 5.56 Å². The van der Waals surface area contributed by atoms with Crippen molar-refractivity contribution in [2.24, 2.45) is 0 Å². The third-order valence-electron chi connectivity index (χ3n) is 2.48. The summed E-state index contributed by atoms with van der Waals surface area (Å²) in [6.07, 6.45) is 3.63. The average molecular weight is 208 g/mol. The molecule has 0 aliphatic rings. The van der Waals surface area contributed by atoms with Gasteiger partial charge in [0, 0.05) is 6.20 Å². The van der Waals surface area contributed by atoms with E-state index in [9.17, 15) is 0 Å². The highest BCUT2D eigenvalue weighted by molar-refractivity contribution is 5.26. The second-order valence-corrected chi connectivity index (χ2v) is 3.65. The Bertz CT molecular complexity index is 498. The Morgan fingerprint density at radius 3 is 2.50 bits per heavy atom. The highest BCUT2D eigenvalue weighted by Gasteiger charge is 1.97. The van der Waals surface area contributed by atoms with Gasteiger partial charge in [0.1, 0.15) is 11.8 Å². The molecule has 0 fully saturated rings. The quantitative estimate of drug-likeness (QED) is 0.777. The summed E-state index contributed by atoms with van der Waals surface area (Å²) in [6.45, 7) is 0. The second kappa shape index (κ2) is 5.09. The summed E-state index contributed by atoms with van der Waals surface area (Å²) in [5, 5.41) is 8.73. The van der Waals surface area contributed by atoms with E-state index in [2.05, 4.69) is 23.2 Å². The lowest BCUT2D eigenvalue weighted by Gasteiger charge is -2.01. The first-order valence-corrected chi connectivity index (χ1v) is 5.27. The van der Waals surface area contributed by atoms with Gasteiger partial charge < -0.3 is 0 Å². The minimum atomic E-state index is 0.491. The van der Waals surface area contributed by atoms with Crippen molar-refractivity contribution in [1.29, 1.82) is 5.26 Å². The fraction of sp³-hybridized carbons (Fsp3) is 0.143. The van der Waals surface area contributed by atoms with Gasteiger partial charge >= 0.3 is 0 Å². The van der Waals surface area contributed by atoms with Crippen LogP contribution in [-0.4, -0.2) is 4.98 Å². The van der Waals surface area contributed by atoms with Gasteiger partial charge in [-0.25, -0.2) is 4.98 Å². The zero-order valence-corrected chi connectivity index (χ0v) is 8.93. The van der Waals surface area contributed by atoms with Gasteiger partial charge in [0.25, 0.3) is 0 Å². The van der Waals surface area contributed by atoms with E-state index < -0.39 is 0 Å². The SMILES string of the molecule is N#Cc1cc(CCc2ccccc2)ccn1. The van der Waals surface area contributed by atoms with Gasteiger partial charge in [-0.05, 0) is 36.1 Å². The molecule has 2 aromatic rings. The molecule has 0 spiro atoms. The van der Waals surface area contributed by atoms with Gasteiger partial charge in [0.15, 0.2) is 0 Å². The molecule has 1 aromatic heterocycles. The molecular formula is C14H12N2. The lowest BCUT2D eigenvalue weighted by Crippen LogP contribution is -1.92. The monoisotopic (exact) mass is 208 g/mol. The number of aryl methyl sites for hydroxylation is 2. The molecule has 0 aliphatic heterocycles. The van der Waals surface area contributed by atoms with Crippen LogP contribution in [0.1, 0.15) is 16.8 Å². The molecule has 0 bridgehead atoms. The molecule has 0 radical (unpaired) electrons. The van der Waals surface area contributed by atoms with E-state index in [-0.39, 0.29) is 0 Å². The molecule has 16 heavy (non-hydrogen) atoms. The predicted octanol–water partition coefficient (Wildman–Crippen LogP) is 2.74. The highest BCUT2D eigenvalue weighted by Crippen LogP contribution is 2.07. The summed E-state index contributed by atoms with van der Waals surface area (Å²) >= 11 is 0. The number of rotatable bonds is 3. The maximum absolute atomic E-state index is 8.73. The summed E-state index contributed by atoms with van der Waals surface area (Å²) in [5.41, 5.74) is 2.97. The molecule has 2 rings (SSSR count). The minimum Gasteiger partial charge on any atom is -0.246 e. The fourth-order valence-corrected chi connectivity index (χ4v) is 1.62. The van der Waals surface area contributed by atoms with Gasteiger partial charge in [-0.15, -0.1) is 0 Å². The molecule has 1 aromatic carbocycles. The number of pyridine rings is 1. The Hall–Kier alpha value is -2.14. The topological polar surface area (TPSA) is 36.7 Å². The number of hydrogen-bond acceptors (Lipinski definition) is 2. The predicted molar refractivity (Wildman–Crippen MR) is 62.8 cm³/mol. The summed E-state index contributed by atoms with van der Waals surface area (Å²) in [5.74, 6) is 0. The fourth-order valence-electron chi connectivity index (χ4n) is 1.62. The Morgan fingerprint density at radius 2 is 1.75 bits per heavy atom. The van der Waals surface area contributed by atoms with E-state index in [1.807, 2.05) is 30.3 Å². The standard InChI is InChI=1S/C14H12N2/c15-11-14-10-13(8-9-16-14)7-6-12-4-2-1-3-5-12/h1-5,8-10H,6-7H2. The largest absolute Gasteiger partial charge is 0.246 e. The van der Waals surface area contributed by atoms with Crippen LogP contribution in [0.3, 0.4) is 0 Å². The van der Waals surface area contributed by atoms with Crippen molar-refractivity contribution in [2.75, 3.05) is 0 Å². The first-order valence-electron chi connectivity index (χ1n) is 5.27. The Balaban J connectivity index is 2.03. The van der Waals surface area contributed by atoms with Crippen LogP contribution in [0.4, 0.5) is 0 Å². The molecule has 0 aliphatic carbocycles. The van der Waals surface area contributed by atoms with Crippen LogP contribution in [0.25, 0.3) is 0 Å². The van der Waals surface area contributed by atoms with Crippen LogP contribution in [0.15, 0.2) is 48.7 Å². The van der Waals surface area contributed by atoms with E-state index in [0.29, 0.717) is 5.69 Å². The zero-order valence-electron chi connectivity index (χ0n) is 8.93. The maximum Gasteiger partial charge on any atom is 0.140 e. The third-order valence-corrected chi connectivity index (χ3v) is 2.48. The molecule has 1 heterocycles. The van der Waals surface area contributed by atoms with Gasteiger partial charge in [0.2, 0.25) is 0 Å². The second-order valence-electron chi connectivity index (χ2n) is 3.65. The first-order chi connectivity index (χ1) is 7.88. The molecule has 2 nitrogen and oxygen atoms in total. The van der Waals surface area contributed by atoms with Crippen LogP contribution in [0.5, 0.6) is 0 Å². The van der Waals surface area contributed by atoms with Crippen LogP contribution >= 0.6 is 0 Å². The lowest BCUT2D eigenvalue weighted by atomic mass is 10.1. The lowest BCUT2D eigenvalue weighted by molar-refractivity contribution is 0.953. The first kappa shape index (κ1) is 10.4. The van der Waals surface area contributed by atoms with Gasteiger partial charge in [0.05, 0.1) is 0 Å². The number of benzene rings is 1. The third kappa shape index (κ3) is 2.68. The Kier molecular flexibility index (Phi) is 3.30. The number of aromatic nitrogens is 1. The normalized spacial score (nSPS) is 9.69. The molecule has 0 saturated heterocycles. The molecule has 0 amide bonds. The van der Waals surface area contributed by atoms with Crippen molar-refractivity contribution in [2.45, 2.75) is 12.8 Å². The van der Waals surface area contributed by atoms with Crippen LogP contribution in [0, 0.1) is 11.3 Å². The van der Waals surface area contributed by atoms with Crippen molar-refractivity contribution in [1.82, 2.24) is 4.98 Å². The van der Waals surface area contributed by atoms with Gasteiger partial charge in [-0.1, -0.05) is 30.3 Å². The molecule has 0 N–H and O–H groups in total. The number of nitriles is 1. The van der Waals surface area contributed by atoms with Crippen molar-refractivity contribution in [3.63, 3.8) is 0 Å². The number of hydrogen-bond donors (Lipinski definition) is 0. The molecular weight excluding hydrogens is 196 g/mol. The van der Waals surface area contributed by atoms with Crippen LogP contribution in [-0.2, 0) is 12.8 Å². The summed E-state index contributed by atoms with van der Waals surface area (Å²) < 4.78 is 0. The van der Waals surface area contributed by atoms with Gasteiger partial charge in [-0.2, -0.15) is 5.26 Å². The summed E-state index contributed by atoms with van der Waals surface area (Å²) in [4.78, 5) is 3.95. The van der Waals surface area contributed by atoms with Crippen LogP contribution < -0.4 is 0 Å². The zero-order chi connectivity index (χ0) is 11.2. The van der Waals surface area contributed by atoms with Crippen molar-refractivity contribution >= 4 is 0 Å². The molecule has 2 heteroatoms. The van der Waals surface area contributed by atoms with Crippen LogP contribution in [0.2, 0.25) is 0 Å². The highest BCUT2D eigenvalue weighted by atomic mass is 14.7. The van der Waals surface area contributed by atoms with E-state index in [1.54, 1.807) is 6.20 Å². The molecule has 0 unspecified atom stereocenters. The van der Waals surface area contributed by atoms with Gasteiger partial charge in [-0.3, -0.25) is 0 Å². The van der Waals surface area contributed by atoms with E-state index in [0.717, 1.165) is 18.4 Å². The summed E-state index contributed by atoms with van der Waals surface area (Å²) in [7, 11) is 0. The average Bonchev–Trinajstić information content (AvgIpc) is 2.38. The Labute approximate surface area is 95.2 Å². The van der Waals surface area contributed by atoms with Crippen molar-refractivity contribution in [3.8, 4) is 6.07 Å². The molecule has 78 valence electrons. The summed E-state index contributed by atoms with van der Waals surface area (Å²) in [6, 6.07) is 16.2.